The number of rotatable bonds is 3. The molecule has 2 rings (SSSR count). The topological polar surface area (TPSA) is 98.2 Å². The third-order valence-electron chi connectivity index (χ3n) is 4.30. The molecule has 6 heteroatoms. The smallest absolute Gasteiger partial charge is 0.223 e. The maximum absolute atomic E-state index is 12.1. The molecule has 2 fully saturated rings. The Balaban J connectivity index is 0.00000180. The van der Waals surface area contributed by atoms with Crippen molar-refractivity contribution in [3.05, 3.63) is 0 Å². The third-order valence-corrected chi connectivity index (χ3v) is 4.30. The predicted octanol–water partition coefficient (Wildman–Crippen LogP) is 0.696. The lowest BCUT2D eigenvalue weighted by molar-refractivity contribution is -0.128. The summed E-state index contributed by atoms with van der Waals surface area (Å²) in [6, 6.07) is 0.0830. The first kappa shape index (κ1) is 16.2. The SMILES string of the molecule is Cl.NC(=O)C1CCCCC1NC(=O)C1CCC(N)C1. The van der Waals surface area contributed by atoms with Gasteiger partial charge in [-0.05, 0) is 32.1 Å². The van der Waals surface area contributed by atoms with Crippen LogP contribution in [0, 0.1) is 11.8 Å². The predicted molar refractivity (Wildman–Crippen MR) is 75.6 cm³/mol. The second-order valence-electron chi connectivity index (χ2n) is 5.68. The standard InChI is InChI=1S/C13H23N3O2.ClH/c14-9-6-5-8(7-9)13(18)16-11-4-2-1-3-10(11)12(15)17;/h8-11H,1-7,14H2,(H2,15,17)(H,16,18);1H. The van der Waals surface area contributed by atoms with Crippen molar-refractivity contribution in [2.24, 2.45) is 23.3 Å². The molecular weight excluding hydrogens is 266 g/mol. The zero-order valence-corrected chi connectivity index (χ0v) is 12.0. The summed E-state index contributed by atoms with van der Waals surface area (Å²) in [6.07, 6.45) is 6.28. The fourth-order valence-electron chi connectivity index (χ4n) is 3.20. The summed E-state index contributed by atoms with van der Waals surface area (Å²) < 4.78 is 0. The molecule has 2 aliphatic rings. The van der Waals surface area contributed by atoms with Crippen LogP contribution in [0.1, 0.15) is 44.9 Å². The van der Waals surface area contributed by atoms with Crippen LogP contribution in [-0.2, 0) is 9.59 Å². The highest BCUT2D eigenvalue weighted by Gasteiger charge is 2.34. The Labute approximate surface area is 120 Å². The fraction of sp³-hybridized carbons (Fsp3) is 0.846. The van der Waals surface area contributed by atoms with Gasteiger partial charge in [0, 0.05) is 18.0 Å². The monoisotopic (exact) mass is 289 g/mol. The molecular formula is C13H24ClN3O2. The van der Waals surface area contributed by atoms with E-state index in [-0.39, 0.29) is 48.1 Å². The number of halogens is 1. The third kappa shape index (κ3) is 4.08. The van der Waals surface area contributed by atoms with E-state index in [1.54, 1.807) is 0 Å². The Kier molecular flexibility index (Phi) is 6.07. The maximum Gasteiger partial charge on any atom is 0.223 e. The quantitative estimate of drug-likeness (QED) is 0.713. The van der Waals surface area contributed by atoms with Crippen molar-refractivity contribution in [2.45, 2.75) is 57.0 Å². The van der Waals surface area contributed by atoms with Crippen molar-refractivity contribution in [3.63, 3.8) is 0 Å². The van der Waals surface area contributed by atoms with E-state index in [1.807, 2.05) is 0 Å². The Morgan fingerprint density at radius 3 is 2.32 bits per heavy atom. The Morgan fingerprint density at radius 2 is 1.74 bits per heavy atom. The first-order valence-electron chi connectivity index (χ1n) is 6.93. The lowest BCUT2D eigenvalue weighted by atomic mass is 9.83. The number of nitrogens with two attached hydrogens (primary N) is 2. The average molecular weight is 290 g/mol. The number of carbonyl (C=O) groups is 2. The molecule has 2 saturated carbocycles. The van der Waals surface area contributed by atoms with Crippen molar-refractivity contribution >= 4 is 24.2 Å². The van der Waals surface area contributed by atoms with Crippen LogP contribution < -0.4 is 16.8 Å². The molecule has 0 aromatic carbocycles. The van der Waals surface area contributed by atoms with Gasteiger partial charge in [0.15, 0.2) is 0 Å². The van der Waals surface area contributed by atoms with Crippen molar-refractivity contribution in [3.8, 4) is 0 Å². The molecule has 0 aromatic heterocycles. The molecule has 0 bridgehead atoms. The Hall–Kier alpha value is -0.810. The molecule has 110 valence electrons. The molecule has 5 N–H and O–H groups in total. The van der Waals surface area contributed by atoms with E-state index in [0.29, 0.717) is 0 Å². The molecule has 0 saturated heterocycles. The van der Waals surface area contributed by atoms with E-state index in [1.165, 1.54) is 0 Å². The lowest BCUT2D eigenvalue weighted by Crippen LogP contribution is -2.48. The number of amides is 2. The van der Waals surface area contributed by atoms with Crippen LogP contribution >= 0.6 is 12.4 Å². The summed E-state index contributed by atoms with van der Waals surface area (Å²) in [6.45, 7) is 0. The summed E-state index contributed by atoms with van der Waals surface area (Å²) in [5.41, 5.74) is 11.2. The van der Waals surface area contributed by atoms with E-state index in [4.69, 9.17) is 11.5 Å². The average Bonchev–Trinajstić information content (AvgIpc) is 2.76. The number of hydrogen-bond acceptors (Lipinski definition) is 3. The van der Waals surface area contributed by atoms with Crippen LogP contribution in [-0.4, -0.2) is 23.9 Å². The molecule has 19 heavy (non-hydrogen) atoms. The molecule has 0 heterocycles. The van der Waals surface area contributed by atoms with Crippen LogP contribution in [0.4, 0.5) is 0 Å². The van der Waals surface area contributed by atoms with Crippen molar-refractivity contribution in [1.29, 1.82) is 0 Å². The van der Waals surface area contributed by atoms with Crippen LogP contribution in [0.2, 0.25) is 0 Å². The van der Waals surface area contributed by atoms with Gasteiger partial charge in [-0.1, -0.05) is 12.8 Å². The minimum absolute atomic E-state index is 0. The van der Waals surface area contributed by atoms with Gasteiger partial charge in [-0.3, -0.25) is 9.59 Å². The van der Waals surface area contributed by atoms with Gasteiger partial charge in [0.2, 0.25) is 11.8 Å². The molecule has 4 unspecified atom stereocenters. The molecule has 2 aliphatic carbocycles. The molecule has 5 nitrogen and oxygen atoms in total. The maximum atomic E-state index is 12.1. The second kappa shape index (κ2) is 7.10. The number of nitrogens with one attached hydrogen (secondary N) is 1. The van der Waals surface area contributed by atoms with Gasteiger partial charge < -0.3 is 16.8 Å². The highest BCUT2D eigenvalue weighted by Crippen LogP contribution is 2.27. The number of hydrogen-bond donors (Lipinski definition) is 3. The van der Waals surface area contributed by atoms with Gasteiger partial charge in [-0.25, -0.2) is 0 Å². The summed E-state index contributed by atoms with van der Waals surface area (Å²) in [5, 5.41) is 3.02. The zero-order valence-electron chi connectivity index (χ0n) is 11.1. The van der Waals surface area contributed by atoms with Gasteiger partial charge in [0.1, 0.15) is 0 Å². The second-order valence-corrected chi connectivity index (χ2v) is 5.68. The summed E-state index contributed by atoms with van der Waals surface area (Å²) in [5.74, 6) is -0.405. The number of carbonyl (C=O) groups excluding carboxylic acids is 2. The first-order chi connectivity index (χ1) is 8.58. The fourth-order valence-corrected chi connectivity index (χ4v) is 3.20. The van der Waals surface area contributed by atoms with Crippen molar-refractivity contribution in [2.75, 3.05) is 0 Å². The largest absolute Gasteiger partial charge is 0.369 e. The van der Waals surface area contributed by atoms with Gasteiger partial charge >= 0.3 is 0 Å². The summed E-state index contributed by atoms with van der Waals surface area (Å²) >= 11 is 0. The van der Waals surface area contributed by atoms with Crippen LogP contribution in [0.15, 0.2) is 0 Å². The van der Waals surface area contributed by atoms with E-state index >= 15 is 0 Å². The summed E-state index contributed by atoms with van der Waals surface area (Å²) in [7, 11) is 0. The molecule has 4 atom stereocenters. The molecule has 0 aliphatic heterocycles. The molecule has 0 radical (unpaired) electrons. The Morgan fingerprint density at radius 1 is 1.05 bits per heavy atom. The van der Waals surface area contributed by atoms with E-state index in [9.17, 15) is 9.59 Å². The normalized spacial score (nSPS) is 34.4. The number of primary amides is 1. The van der Waals surface area contributed by atoms with Gasteiger partial charge in [0.25, 0.3) is 0 Å². The highest BCUT2D eigenvalue weighted by atomic mass is 35.5. The van der Waals surface area contributed by atoms with Crippen LogP contribution in [0.3, 0.4) is 0 Å². The van der Waals surface area contributed by atoms with Gasteiger partial charge in [0.05, 0.1) is 5.92 Å². The van der Waals surface area contributed by atoms with E-state index < -0.39 is 0 Å². The van der Waals surface area contributed by atoms with Crippen LogP contribution in [0.25, 0.3) is 0 Å². The van der Waals surface area contributed by atoms with Crippen LogP contribution in [0.5, 0.6) is 0 Å². The van der Waals surface area contributed by atoms with Crippen molar-refractivity contribution in [1.82, 2.24) is 5.32 Å². The minimum atomic E-state index is -0.289. The van der Waals surface area contributed by atoms with Crippen molar-refractivity contribution < 1.29 is 9.59 Å². The highest BCUT2D eigenvalue weighted by molar-refractivity contribution is 5.85. The molecule has 0 spiro atoms. The van der Waals surface area contributed by atoms with Gasteiger partial charge in [-0.15, -0.1) is 12.4 Å². The van der Waals surface area contributed by atoms with E-state index in [0.717, 1.165) is 44.9 Å². The molecule has 0 aromatic rings. The van der Waals surface area contributed by atoms with E-state index in [2.05, 4.69) is 5.32 Å². The molecule has 2 amide bonds. The van der Waals surface area contributed by atoms with Gasteiger partial charge in [-0.2, -0.15) is 0 Å². The summed E-state index contributed by atoms with van der Waals surface area (Å²) in [4.78, 5) is 23.5. The zero-order chi connectivity index (χ0) is 13.1. The lowest BCUT2D eigenvalue weighted by Gasteiger charge is -2.30. The first-order valence-corrected chi connectivity index (χ1v) is 6.93. The Bertz CT molecular complexity index is 338. The minimum Gasteiger partial charge on any atom is -0.369 e.